The highest BCUT2D eigenvalue weighted by molar-refractivity contribution is 6.05. The lowest BCUT2D eigenvalue weighted by atomic mass is 10.1. The molecule has 2 N–H and O–H groups in total. The third-order valence-electron chi connectivity index (χ3n) is 3.34. The molecule has 0 aliphatic rings. The van der Waals surface area contributed by atoms with E-state index in [0.717, 1.165) is 11.6 Å². The summed E-state index contributed by atoms with van der Waals surface area (Å²) in [7, 11) is 0. The molecule has 0 spiro atoms. The summed E-state index contributed by atoms with van der Waals surface area (Å²) in [6, 6.07) is 12.7. The Hall–Kier alpha value is -3.08. The van der Waals surface area contributed by atoms with E-state index in [1.54, 1.807) is 42.6 Å². The van der Waals surface area contributed by atoms with Crippen molar-refractivity contribution in [2.45, 2.75) is 6.42 Å². The fraction of sp³-hybridized carbons (Fsp3) is 0.0556. The minimum Gasteiger partial charge on any atom is -0.506 e. The van der Waals surface area contributed by atoms with E-state index < -0.39 is 5.78 Å². The lowest BCUT2D eigenvalue weighted by Crippen LogP contribution is -1.95. The summed E-state index contributed by atoms with van der Waals surface area (Å²) in [5.74, 6) is -0.152. The summed E-state index contributed by atoms with van der Waals surface area (Å²) in [6.07, 6.45) is 3.21. The highest BCUT2D eigenvalue weighted by Crippen LogP contribution is 2.16. The maximum Gasteiger partial charge on any atom is 0.224 e. The lowest BCUT2D eigenvalue weighted by Gasteiger charge is -1.98. The van der Waals surface area contributed by atoms with Crippen LogP contribution >= 0.6 is 0 Å². The first-order valence-electron chi connectivity index (χ1n) is 7.04. The number of aromatic amines is 1. The molecule has 2 aromatic heterocycles. The molecular formula is C18H14FNO3. The van der Waals surface area contributed by atoms with Gasteiger partial charge >= 0.3 is 0 Å². The average molecular weight is 311 g/mol. The molecule has 0 aliphatic carbocycles. The smallest absolute Gasteiger partial charge is 0.224 e. The number of ketones is 1. The summed E-state index contributed by atoms with van der Waals surface area (Å²) in [6.45, 7) is 0. The summed E-state index contributed by atoms with van der Waals surface area (Å²) in [4.78, 5) is 14.9. The number of aromatic nitrogens is 1. The number of aliphatic hydroxyl groups excluding tert-OH is 1. The number of furan rings is 1. The van der Waals surface area contributed by atoms with Gasteiger partial charge in [0.25, 0.3) is 0 Å². The molecule has 3 aromatic rings. The van der Waals surface area contributed by atoms with Crippen molar-refractivity contribution in [3.8, 4) is 0 Å². The Morgan fingerprint density at radius 2 is 1.96 bits per heavy atom. The van der Waals surface area contributed by atoms with Gasteiger partial charge in [0, 0.05) is 18.7 Å². The minimum absolute atomic E-state index is 0.139. The average Bonchev–Trinajstić information content (AvgIpc) is 3.21. The number of hydrogen-bond acceptors (Lipinski definition) is 3. The molecule has 0 atom stereocenters. The Bertz CT molecular complexity index is 830. The molecule has 0 saturated carbocycles. The second kappa shape index (κ2) is 6.36. The first-order valence-corrected chi connectivity index (χ1v) is 7.04. The quantitative estimate of drug-likeness (QED) is 0.423. The van der Waals surface area contributed by atoms with Gasteiger partial charge in [0.1, 0.15) is 17.3 Å². The Morgan fingerprint density at radius 3 is 2.65 bits per heavy atom. The summed E-state index contributed by atoms with van der Waals surface area (Å²) in [5, 5.41) is 9.84. The van der Waals surface area contributed by atoms with Crippen LogP contribution in [0.5, 0.6) is 0 Å². The fourth-order valence-corrected chi connectivity index (χ4v) is 2.17. The van der Waals surface area contributed by atoms with Crippen LogP contribution in [0.3, 0.4) is 0 Å². The monoisotopic (exact) mass is 311 g/mol. The van der Waals surface area contributed by atoms with Gasteiger partial charge in [0.2, 0.25) is 5.78 Å². The molecule has 0 fully saturated rings. The summed E-state index contributed by atoms with van der Waals surface area (Å²) < 4.78 is 18.4. The molecule has 0 aliphatic heterocycles. The van der Waals surface area contributed by atoms with E-state index in [1.165, 1.54) is 12.1 Å². The van der Waals surface area contributed by atoms with Crippen LogP contribution in [0.1, 0.15) is 27.6 Å². The molecule has 0 unspecified atom stereocenters. The number of nitrogens with one attached hydrogen (secondary N) is 1. The van der Waals surface area contributed by atoms with Crippen LogP contribution in [0.4, 0.5) is 4.39 Å². The number of halogens is 1. The van der Waals surface area contributed by atoms with Crippen LogP contribution in [0.2, 0.25) is 0 Å². The molecule has 0 amide bonds. The highest BCUT2D eigenvalue weighted by Gasteiger charge is 2.11. The van der Waals surface area contributed by atoms with Gasteiger partial charge < -0.3 is 14.5 Å². The van der Waals surface area contributed by atoms with Gasteiger partial charge in [-0.2, -0.15) is 0 Å². The van der Waals surface area contributed by atoms with Crippen molar-refractivity contribution < 1.29 is 18.7 Å². The minimum atomic E-state index is -0.428. The number of aliphatic hydroxyl groups is 1. The first-order chi connectivity index (χ1) is 11.1. The van der Waals surface area contributed by atoms with Crippen molar-refractivity contribution in [1.29, 1.82) is 0 Å². The number of hydrogen-bond donors (Lipinski definition) is 2. The van der Waals surface area contributed by atoms with E-state index in [0.29, 0.717) is 17.9 Å². The zero-order chi connectivity index (χ0) is 16.2. The number of carbonyl (C=O) groups is 1. The van der Waals surface area contributed by atoms with Gasteiger partial charge in [-0.25, -0.2) is 4.39 Å². The maximum atomic E-state index is 12.9. The molecule has 2 heterocycles. The third kappa shape index (κ3) is 3.58. The predicted octanol–water partition coefficient (Wildman–Crippen LogP) is 4.12. The van der Waals surface area contributed by atoms with Crippen molar-refractivity contribution in [1.82, 2.24) is 4.98 Å². The Morgan fingerprint density at radius 1 is 1.17 bits per heavy atom. The second-order valence-electron chi connectivity index (χ2n) is 5.05. The van der Waals surface area contributed by atoms with Crippen LogP contribution in [0.25, 0.3) is 5.76 Å². The van der Waals surface area contributed by atoms with Crippen LogP contribution in [0, 0.1) is 5.82 Å². The van der Waals surface area contributed by atoms with Crippen LogP contribution in [-0.4, -0.2) is 15.9 Å². The van der Waals surface area contributed by atoms with Gasteiger partial charge in [-0.05, 0) is 42.0 Å². The van der Waals surface area contributed by atoms with Gasteiger partial charge in [-0.1, -0.05) is 12.1 Å². The standard InChI is InChI=1S/C18H14FNO3/c19-13-5-3-12(4-6-13)10-14-7-8-18(23-14)17(22)11-16(21)15-2-1-9-20-15/h1-9,11,20-21H,10H2/b16-11-. The van der Waals surface area contributed by atoms with E-state index in [2.05, 4.69) is 4.98 Å². The number of H-pyrrole nitrogens is 1. The molecule has 1 aromatic carbocycles. The largest absolute Gasteiger partial charge is 0.506 e. The van der Waals surface area contributed by atoms with Crippen molar-refractivity contribution in [3.05, 3.63) is 89.4 Å². The van der Waals surface area contributed by atoms with E-state index in [4.69, 9.17) is 4.42 Å². The van der Waals surface area contributed by atoms with Crippen LogP contribution in [0.15, 0.2) is 65.2 Å². The molecule has 116 valence electrons. The van der Waals surface area contributed by atoms with Gasteiger partial charge in [0.05, 0.1) is 5.69 Å². The predicted molar refractivity (Wildman–Crippen MR) is 83.6 cm³/mol. The second-order valence-corrected chi connectivity index (χ2v) is 5.05. The Balaban J connectivity index is 1.72. The first kappa shape index (κ1) is 14.8. The number of benzene rings is 1. The molecule has 0 radical (unpaired) electrons. The number of carbonyl (C=O) groups excluding carboxylic acids is 1. The van der Waals surface area contributed by atoms with E-state index in [-0.39, 0.29) is 17.3 Å². The zero-order valence-corrected chi connectivity index (χ0v) is 12.1. The Labute approximate surface area is 131 Å². The Kier molecular flexibility index (Phi) is 4.10. The van der Waals surface area contributed by atoms with Crippen LogP contribution in [-0.2, 0) is 6.42 Å². The van der Waals surface area contributed by atoms with E-state index >= 15 is 0 Å². The summed E-state index contributed by atoms with van der Waals surface area (Å²) in [5.41, 5.74) is 1.33. The van der Waals surface area contributed by atoms with Crippen LogP contribution < -0.4 is 0 Å². The van der Waals surface area contributed by atoms with Gasteiger partial charge in [-0.15, -0.1) is 0 Å². The zero-order valence-electron chi connectivity index (χ0n) is 12.1. The summed E-state index contributed by atoms with van der Waals surface area (Å²) >= 11 is 0. The van der Waals surface area contributed by atoms with Crippen molar-refractivity contribution in [3.63, 3.8) is 0 Å². The van der Waals surface area contributed by atoms with Gasteiger partial charge in [-0.3, -0.25) is 4.79 Å². The SMILES string of the molecule is O=C(/C=C(\O)c1ccc[nH]1)c1ccc(Cc2ccc(F)cc2)o1. The molecule has 0 saturated heterocycles. The molecule has 4 nitrogen and oxygen atoms in total. The lowest BCUT2D eigenvalue weighted by molar-refractivity contribution is 0.101. The molecular weight excluding hydrogens is 297 g/mol. The third-order valence-corrected chi connectivity index (χ3v) is 3.34. The van der Waals surface area contributed by atoms with Crippen molar-refractivity contribution in [2.75, 3.05) is 0 Å². The van der Waals surface area contributed by atoms with E-state index in [9.17, 15) is 14.3 Å². The fourth-order valence-electron chi connectivity index (χ4n) is 2.17. The molecule has 23 heavy (non-hydrogen) atoms. The molecule has 5 heteroatoms. The van der Waals surface area contributed by atoms with Crippen molar-refractivity contribution >= 4 is 11.5 Å². The number of allylic oxidation sites excluding steroid dienone is 1. The van der Waals surface area contributed by atoms with Crippen molar-refractivity contribution in [2.24, 2.45) is 0 Å². The van der Waals surface area contributed by atoms with E-state index in [1.807, 2.05) is 0 Å². The highest BCUT2D eigenvalue weighted by atomic mass is 19.1. The number of rotatable bonds is 5. The van der Waals surface area contributed by atoms with Gasteiger partial charge in [0.15, 0.2) is 5.76 Å². The molecule has 3 rings (SSSR count). The topological polar surface area (TPSA) is 66.2 Å². The molecule has 0 bridgehead atoms. The normalized spacial score (nSPS) is 11.6. The maximum absolute atomic E-state index is 12.9.